The van der Waals surface area contributed by atoms with E-state index in [1.165, 1.54) is 0 Å². The highest BCUT2D eigenvalue weighted by Crippen LogP contribution is 2.17. The molecule has 0 aromatic carbocycles. The SMILES string of the molecule is O=C(NCCO)c1cc2n(n1)CCO2. The molecule has 14 heavy (non-hydrogen) atoms. The number of aliphatic hydroxyl groups excluding tert-OH is 1. The minimum atomic E-state index is -0.287. The first-order valence-corrected chi connectivity index (χ1v) is 4.41. The summed E-state index contributed by atoms with van der Waals surface area (Å²) in [6.07, 6.45) is 0. The Hall–Kier alpha value is -1.56. The fourth-order valence-corrected chi connectivity index (χ4v) is 1.28. The molecule has 0 aliphatic carbocycles. The van der Waals surface area contributed by atoms with Gasteiger partial charge < -0.3 is 15.2 Å². The number of nitrogens with zero attached hydrogens (tertiary/aromatic N) is 2. The highest BCUT2D eigenvalue weighted by molar-refractivity contribution is 5.92. The number of carbonyl (C=O) groups is 1. The van der Waals surface area contributed by atoms with E-state index in [1.807, 2.05) is 0 Å². The molecule has 0 atom stereocenters. The van der Waals surface area contributed by atoms with Crippen LogP contribution >= 0.6 is 0 Å². The summed E-state index contributed by atoms with van der Waals surface area (Å²) in [6.45, 7) is 1.46. The molecule has 0 saturated heterocycles. The summed E-state index contributed by atoms with van der Waals surface area (Å²) in [5.74, 6) is 0.337. The predicted octanol–water partition coefficient (Wildman–Crippen LogP) is -1.00. The lowest BCUT2D eigenvalue weighted by atomic mass is 10.4. The molecule has 1 aromatic rings. The van der Waals surface area contributed by atoms with Gasteiger partial charge in [-0.15, -0.1) is 0 Å². The van der Waals surface area contributed by atoms with Crippen molar-refractivity contribution in [2.75, 3.05) is 19.8 Å². The van der Waals surface area contributed by atoms with Gasteiger partial charge in [-0.2, -0.15) is 5.10 Å². The van der Waals surface area contributed by atoms with Gasteiger partial charge in [-0.3, -0.25) is 4.79 Å². The van der Waals surface area contributed by atoms with Crippen LogP contribution in [-0.4, -0.2) is 40.6 Å². The number of rotatable bonds is 3. The second-order valence-corrected chi connectivity index (χ2v) is 2.92. The number of amides is 1. The normalized spacial score (nSPS) is 13.5. The number of ether oxygens (including phenoxy) is 1. The van der Waals surface area contributed by atoms with Gasteiger partial charge in [0.15, 0.2) is 5.69 Å². The second-order valence-electron chi connectivity index (χ2n) is 2.92. The summed E-state index contributed by atoms with van der Waals surface area (Å²) in [5.41, 5.74) is 0.327. The van der Waals surface area contributed by atoms with Crippen LogP contribution in [0.3, 0.4) is 0 Å². The number of aromatic nitrogens is 2. The average molecular weight is 197 g/mol. The van der Waals surface area contributed by atoms with Crippen molar-refractivity contribution in [1.29, 1.82) is 0 Å². The summed E-state index contributed by atoms with van der Waals surface area (Å²) in [6, 6.07) is 1.60. The molecule has 1 amide bonds. The van der Waals surface area contributed by atoms with Gasteiger partial charge in [0.2, 0.25) is 5.88 Å². The quantitative estimate of drug-likeness (QED) is 0.651. The third kappa shape index (κ3) is 1.56. The molecule has 1 aliphatic rings. The molecule has 0 unspecified atom stereocenters. The number of fused-ring (bicyclic) bond motifs is 1. The number of aliphatic hydroxyl groups is 1. The topological polar surface area (TPSA) is 76.4 Å². The lowest BCUT2D eigenvalue weighted by molar-refractivity contribution is 0.0938. The van der Waals surface area contributed by atoms with Crippen molar-refractivity contribution in [3.8, 4) is 5.88 Å². The maximum absolute atomic E-state index is 11.4. The zero-order valence-electron chi connectivity index (χ0n) is 7.56. The lowest BCUT2D eigenvalue weighted by Crippen LogP contribution is -2.26. The summed E-state index contributed by atoms with van der Waals surface area (Å²) in [7, 11) is 0. The molecule has 0 bridgehead atoms. The molecule has 6 heteroatoms. The minimum absolute atomic E-state index is 0.0736. The van der Waals surface area contributed by atoms with E-state index in [4.69, 9.17) is 9.84 Å². The molecule has 76 valence electrons. The Balaban J connectivity index is 2.06. The lowest BCUT2D eigenvalue weighted by Gasteiger charge is -1.98. The zero-order valence-corrected chi connectivity index (χ0v) is 7.56. The Kier molecular flexibility index (Phi) is 2.36. The molecular formula is C8H11N3O3. The Morgan fingerprint density at radius 2 is 2.64 bits per heavy atom. The van der Waals surface area contributed by atoms with Crippen LogP contribution in [0.15, 0.2) is 6.07 Å². The van der Waals surface area contributed by atoms with Crippen molar-refractivity contribution in [2.24, 2.45) is 0 Å². The van der Waals surface area contributed by atoms with Crippen molar-refractivity contribution in [1.82, 2.24) is 15.1 Å². The number of hydrogen-bond acceptors (Lipinski definition) is 4. The highest BCUT2D eigenvalue weighted by Gasteiger charge is 2.18. The highest BCUT2D eigenvalue weighted by atomic mass is 16.5. The Bertz CT molecular complexity index is 326. The van der Waals surface area contributed by atoms with Crippen LogP contribution in [0.4, 0.5) is 0 Å². The summed E-state index contributed by atoms with van der Waals surface area (Å²) < 4.78 is 6.85. The Labute approximate surface area is 80.5 Å². The molecule has 1 aromatic heterocycles. The average Bonchev–Trinajstić information content (AvgIpc) is 2.72. The van der Waals surface area contributed by atoms with Gasteiger partial charge in [0.1, 0.15) is 6.61 Å². The van der Waals surface area contributed by atoms with Crippen LogP contribution in [0.2, 0.25) is 0 Å². The van der Waals surface area contributed by atoms with Gasteiger partial charge in [0.05, 0.1) is 13.2 Å². The summed E-state index contributed by atoms with van der Waals surface area (Å²) >= 11 is 0. The van der Waals surface area contributed by atoms with E-state index in [1.54, 1.807) is 10.7 Å². The van der Waals surface area contributed by atoms with E-state index in [2.05, 4.69) is 10.4 Å². The second kappa shape index (κ2) is 3.67. The van der Waals surface area contributed by atoms with Crippen LogP contribution in [0.1, 0.15) is 10.5 Å². The van der Waals surface area contributed by atoms with E-state index in [0.717, 1.165) is 0 Å². The summed E-state index contributed by atoms with van der Waals surface area (Å²) in [4.78, 5) is 11.4. The predicted molar refractivity (Wildman–Crippen MR) is 47.1 cm³/mol. The molecule has 0 fully saturated rings. The number of hydrogen-bond donors (Lipinski definition) is 2. The van der Waals surface area contributed by atoms with Crippen molar-refractivity contribution < 1.29 is 14.6 Å². The first-order chi connectivity index (χ1) is 6.81. The van der Waals surface area contributed by atoms with Crippen molar-refractivity contribution in [3.05, 3.63) is 11.8 Å². The van der Waals surface area contributed by atoms with Crippen LogP contribution in [0.25, 0.3) is 0 Å². The molecule has 2 heterocycles. The molecule has 2 rings (SSSR count). The smallest absolute Gasteiger partial charge is 0.272 e. The van der Waals surface area contributed by atoms with Gasteiger partial charge in [0.25, 0.3) is 5.91 Å². The minimum Gasteiger partial charge on any atom is -0.476 e. The van der Waals surface area contributed by atoms with Gasteiger partial charge in [-0.1, -0.05) is 0 Å². The molecule has 2 N–H and O–H groups in total. The van der Waals surface area contributed by atoms with Crippen LogP contribution in [-0.2, 0) is 6.54 Å². The Morgan fingerprint density at radius 3 is 3.36 bits per heavy atom. The monoisotopic (exact) mass is 197 g/mol. The van der Waals surface area contributed by atoms with E-state index >= 15 is 0 Å². The van der Waals surface area contributed by atoms with E-state index in [0.29, 0.717) is 24.7 Å². The summed E-state index contributed by atoms with van der Waals surface area (Å²) in [5, 5.41) is 15.1. The molecule has 0 spiro atoms. The molecule has 0 saturated carbocycles. The van der Waals surface area contributed by atoms with Crippen LogP contribution in [0.5, 0.6) is 5.88 Å². The van der Waals surface area contributed by atoms with Gasteiger partial charge in [-0.05, 0) is 0 Å². The van der Waals surface area contributed by atoms with E-state index < -0.39 is 0 Å². The van der Waals surface area contributed by atoms with Gasteiger partial charge in [-0.25, -0.2) is 4.68 Å². The third-order valence-corrected chi connectivity index (χ3v) is 1.93. The number of nitrogens with one attached hydrogen (secondary N) is 1. The molecular weight excluding hydrogens is 186 g/mol. The fraction of sp³-hybridized carbons (Fsp3) is 0.500. The number of carbonyl (C=O) groups excluding carboxylic acids is 1. The van der Waals surface area contributed by atoms with E-state index in [9.17, 15) is 4.79 Å². The Morgan fingerprint density at radius 1 is 1.79 bits per heavy atom. The zero-order chi connectivity index (χ0) is 9.97. The largest absolute Gasteiger partial charge is 0.476 e. The molecule has 6 nitrogen and oxygen atoms in total. The van der Waals surface area contributed by atoms with Crippen molar-refractivity contribution in [2.45, 2.75) is 6.54 Å². The fourth-order valence-electron chi connectivity index (χ4n) is 1.28. The molecule has 1 aliphatic heterocycles. The van der Waals surface area contributed by atoms with Crippen LogP contribution in [0, 0.1) is 0 Å². The maximum atomic E-state index is 11.4. The maximum Gasteiger partial charge on any atom is 0.272 e. The molecule has 0 radical (unpaired) electrons. The van der Waals surface area contributed by atoms with Crippen molar-refractivity contribution >= 4 is 5.91 Å². The van der Waals surface area contributed by atoms with Crippen LogP contribution < -0.4 is 10.1 Å². The first kappa shape index (κ1) is 9.01. The van der Waals surface area contributed by atoms with Gasteiger partial charge in [0, 0.05) is 12.6 Å². The first-order valence-electron chi connectivity index (χ1n) is 4.41. The van der Waals surface area contributed by atoms with E-state index in [-0.39, 0.29) is 19.1 Å². The van der Waals surface area contributed by atoms with Crippen molar-refractivity contribution in [3.63, 3.8) is 0 Å². The van der Waals surface area contributed by atoms with Gasteiger partial charge >= 0.3 is 0 Å². The third-order valence-electron chi connectivity index (χ3n) is 1.93. The standard InChI is InChI=1S/C8H11N3O3/c12-3-1-9-8(13)6-5-7-11(10-6)2-4-14-7/h5,12H,1-4H2,(H,9,13).